The van der Waals surface area contributed by atoms with Gasteiger partial charge in [0.15, 0.2) is 0 Å². The van der Waals surface area contributed by atoms with Gasteiger partial charge in [0.2, 0.25) is 10.0 Å². The summed E-state index contributed by atoms with van der Waals surface area (Å²) >= 11 is 5.88. The van der Waals surface area contributed by atoms with Crippen LogP contribution in [0.5, 0.6) is 0 Å². The number of nitrogens with zero attached hydrogens (tertiary/aromatic N) is 2. The number of carbonyl (C=O) groups excluding carboxylic acids is 1. The molecule has 2 rings (SSSR count). The van der Waals surface area contributed by atoms with Gasteiger partial charge >= 0.3 is 0 Å². The van der Waals surface area contributed by atoms with E-state index in [0.29, 0.717) is 11.4 Å². The van der Waals surface area contributed by atoms with Crippen molar-refractivity contribution in [2.45, 2.75) is 38.0 Å². The first-order chi connectivity index (χ1) is 13.9. The molecular formula is C21H26ClN3O3S. The van der Waals surface area contributed by atoms with Crippen molar-refractivity contribution in [3.63, 3.8) is 0 Å². The summed E-state index contributed by atoms with van der Waals surface area (Å²) in [7, 11) is -3.87. The Bertz CT molecular complexity index is 923. The SMILES string of the molecule is CCC(CC)=NNC(=O)CN(CCc1ccccc1)S(=O)(=O)c1ccc(Cl)cc1. The maximum Gasteiger partial charge on any atom is 0.255 e. The fourth-order valence-corrected chi connectivity index (χ4v) is 4.21. The zero-order chi connectivity index (χ0) is 21.3. The van der Waals surface area contributed by atoms with Crippen LogP contribution in [-0.2, 0) is 21.2 Å². The molecule has 0 unspecified atom stereocenters. The van der Waals surface area contributed by atoms with E-state index in [0.717, 1.165) is 24.1 Å². The highest BCUT2D eigenvalue weighted by Crippen LogP contribution is 2.19. The molecule has 156 valence electrons. The lowest BCUT2D eigenvalue weighted by Crippen LogP contribution is -2.40. The number of hydrogen-bond donors (Lipinski definition) is 1. The molecule has 2 aromatic carbocycles. The van der Waals surface area contributed by atoms with Gasteiger partial charge < -0.3 is 0 Å². The molecule has 0 aromatic heterocycles. The van der Waals surface area contributed by atoms with Crippen LogP contribution in [-0.4, -0.2) is 37.4 Å². The third-order valence-electron chi connectivity index (χ3n) is 4.42. The third-order valence-corrected chi connectivity index (χ3v) is 6.53. The van der Waals surface area contributed by atoms with Gasteiger partial charge in [0, 0.05) is 17.3 Å². The molecule has 6 nitrogen and oxygen atoms in total. The molecule has 0 spiro atoms. The first-order valence-corrected chi connectivity index (χ1v) is 11.3. The second-order valence-electron chi connectivity index (χ2n) is 6.45. The number of nitrogens with one attached hydrogen (secondary N) is 1. The Morgan fingerprint density at radius 1 is 1.03 bits per heavy atom. The molecule has 1 amide bonds. The standard InChI is InChI=1S/C21H26ClN3O3S/c1-3-19(4-2)23-24-21(26)16-25(15-14-17-8-6-5-7-9-17)29(27,28)20-12-10-18(22)11-13-20/h5-13H,3-4,14-16H2,1-2H3,(H,24,26). The van der Waals surface area contributed by atoms with Crippen molar-refractivity contribution in [3.05, 3.63) is 65.2 Å². The highest BCUT2D eigenvalue weighted by Gasteiger charge is 2.26. The molecule has 0 atom stereocenters. The minimum absolute atomic E-state index is 0.0917. The van der Waals surface area contributed by atoms with E-state index in [9.17, 15) is 13.2 Å². The summed E-state index contributed by atoms with van der Waals surface area (Å²) in [6, 6.07) is 15.4. The quantitative estimate of drug-likeness (QED) is 0.454. The Labute approximate surface area is 177 Å². The number of sulfonamides is 1. The molecule has 2 aromatic rings. The number of carbonyl (C=O) groups is 1. The number of amides is 1. The molecule has 0 saturated heterocycles. The first kappa shape index (κ1) is 23.1. The van der Waals surface area contributed by atoms with Crippen molar-refractivity contribution in [3.8, 4) is 0 Å². The van der Waals surface area contributed by atoms with E-state index < -0.39 is 15.9 Å². The van der Waals surface area contributed by atoms with Crippen molar-refractivity contribution < 1.29 is 13.2 Å². The van der Waals surface area contributed by atoms with Crippen molar-refractivity contribution in [2.24, 2.45) is 5.10 Å². The van der Waals surface area contributed by atoms with Crippen LogP contribution in [0, 0.1) is 0 Å². The molecule has 29 heavy (non-hydrogen) atoms. The Morgan fingerprint density at radius 2 is 1.66 bits per heavy atom. The van der Waals surface area contributed by atoms with Crippen LogP contribution >= 0.6 is 11.6 Å². The Kier molecular flexibility index (Phi) is 8.82. The van der Waals surface area contributed by atoms with E-state index in [4.69, 9.17) is 11.6 Å². The van der Waals surface area contributed by atoms with Crippen LogP contribution in [0.3, 0.4) is 0 Å². The van der Waals surface area contributed by atoms with E-state index in [1.807, 2.05) is 44.2 Å². The minimum Gasteiger partial charge on any atom is -0.272 e. The molecule has 8 heteroatoms. The predicted molar refractivity (Wildman–Crippen MR) is 117 cm³/mol. The minimum atomic E-state index is -3.87. The molecule has 0 bridgehead atoms. The maximum atomic E-state index is 13.1. The van der Waals surface area contributed by atoms with Crippen LogP contribution in [0.1, 0.15) is 32.3 Å². The maximum absolute atomic E-state index is 13.1. The van der Waals surface area contributed by atoms with E-state index in [1.54, 1.807) is 0 Å². The molecule has 0 radical (unpaired) electrons. The second-order valence-corrected chi connectivity index (χ2v) is 8.82. The van der Waals surface area contributed by atoms with Crippen molar-refractivity contribution >= 4 is 33.2 Å². The van der Waals surface area contributed by atoms with Crippen LogP contribution in [0.15, 0.2) is 64.6 Å². The van der Waals surface area contributed by atoms with Gasteiger partial charge in [0.1, 0.15) is 0 Å². The van der Waals surface area contributed by atoms with Gasteiger partial charge in [-0.05, 0) is 49.1 Å². The normalized spacial score (nSPS) is 11.3. The van der Waals surface area contributed by atoms with Gasteiger partial charge in [-0.3, -0.25) is 4.79 Å². The predicted octanol–water partition coefficient (Wildman–Crippen LogP) is 3.87. The smallest absolute Gasteiger partial charge is 0.255 e. The summed E-state index contributed by atoms with van der Waals surface area (Å²) in [5.41, 5.74) is 4.30. The lowest BCUT2D eigenvalue weighted by atomic mass is 10.1. The van der Waals surface area contributed by atoms with Crippen LogP contribution < -0.4 is 5.43 Å². The van der Waals surface area contributed by atoms with E-state index in [2.05, 4.69) is 10.5 Å². The molecular weight excluding hydrogens is 410 g/mol. The second kappa shape index (κ2) is 11.1. The molecule has 1 N–H and O–H groups in total. The first-order valence-electron chi connectivity index (χ1n) is 9.50. The largest absolute Gasteiger partial charge is 0.272 e. The summed E-state index contributed by atoms with van der Waals surface area (Å²) in [5.74, 6) is -0.477. The average molecular weight is 436 g/mol. The summed E-state index contributed by atoms with van der Waals surface area (Å²) < 4.78 is 27.4. The molecule has 0 saturated carbocycles. The molecule has 0 fully saturated rings. The molecule has 0 aliphatic rings. The number of halogens is 1. The van der Waals surface area contributed by atoms with Crippen molar-refractivity contribution in [1.29, 1.82) is 0 Å². The zero-order valence-electron chi connectivity index (χ0n) is 16.6. The molecule has 0 aliphatic carbocycles. The fraction of sp³-hybridized carbons (Fsp3) is 0.333. The number of hydrazone groups is 1. The van der Waals surface area contributed by atoms with E-state index in [1.165, 1.54) is 28.6 Å². The van der Waals surface area contributed by atoms with E-state index >= 15 is 0 Å². The summed E-state index contributed by atoms with van der Waals surface area (Å²) in [6.07, 6.45) is 1.93. The van der Waals surface area contributed by atoms with Crippen LogP contribution in [0.25, 0.3) is 0 Å². The van der Waals surface area contributed by atoms with Gasteiger partial charge in [-0.2, -0.15) is 9.41 Å². The number of hydrogen-bond acceptors (Lipinski definition) is 4. The zero-order valence-corrected chi connectivity index (χ0v) is 18.2. The number of rotatable bonds is 10. The molecule has 0 aliphatic heterocycles. The Morgan fingerprint density at radius 3 is 2.24 bits per heavy atom. The fourth-order valence-electron chi connectivity index (χ4n) is 2.68. The van der Waals surface area contributed by atoms with Gasteiger partial charge in [-0.15, -0.1) is 0 Å². The van der Waals surface area contributed by atoms with Crippen molar-refractivity contribution in [2.75, 3.05) is 13.1 Å². The lowest BCUT2D eigenvalue weighted by molar-refractivity contribution is -0.121. The highest BCUT2D eigenvalue weighted by atomic mass is 35.5. The topological polar surface area (TPSA) is 78.8 Å². The monoisotopic (exact) mass is 435 g/mol. The number of benzene rings is 2. The van der Waals surface area contributed by atoms with Crippen LogP contribution in [0.2, 0.25) is 5.02 Å². The summed E-state index contributed by atoms with van der Waals surface area (Å²) in [4.78, 5) is 12.5. The summed E-state index contributed by atoms with van der Waals surface area (Å²) in [6.45, 7) is 3.75. The van der Waals surface area contributed by atoms with Gasteiger partial charge in [-0.25, -0.2) is 13.8 Å². The van der Waals surface area contributed by atoms with Crippen LogP contribution in [0.4, 0.5) is 0 Å². The Balaban J connectivity index is 2.21. The highest BCUT2D eigenvalue weighted by molar-refractivity contribution is 7.89. The lowest BCUT2D eigenvalue weighted by Gasteiger charge is -2.21. The van der Waals surface area contributed by atoms with Crippen molar-refractivity contribution in [1.82, 2.24) is 9.73 Å². The third kappa shape index (κ3) is 6.96. The average Bonchev–Trinajstić information content (AvgIpc) is 2.72. The Hall–Kier alpha value is -2.22. The van der Waals surface area contributed by atoms with E-state index in [-0.39, 0.29) is 18.0 Å². The van der Waals surface area contributed by atoms with Gasteiger partial charge in [0.05, 0.1) is 11.4 Å². The van der Waals surface area contributed by atoms with Gasteiger partial charge in [0.25, 0.3) is 5.91 Å². The van der Waals surface area contributed by atoms with Gasteiger partial charge in [-0.1, -0.05) is 55.8 Å². The molecule has 0 heterocycles. The summed E-state index contributed by atoms with van der Waals surface area (Å²) in [5, 5.41) is 4.52.